The third-order valence-electron chi connectivity index (χ3n) is 5.26. The highest BCUT2D eigenvalue weighted by Crippen LogP contribution is 2.54. The second kappa shape index (κ2) is 3.72. The topological polar surface area (TPSA) is 87.0 Å². The van der Waals surface area contributed by atoms with E-state index in [9.17, 15) is 20.1 Å². The van der Waals surface area contributed by atoms with Crippen LogP contribution in [0.15, 0.2) is 24.3 Å². The van der Waals surface area contributed by atoms with Gasteiger partial charge < -0.3 is 20.1 Å². The fourth-order valence-electron chi connectivity index (χ4n) is 3.95. The minimum atomic E-state index is -1.62. The van der Waals surface area contributed by atoms with Crippen LogP contribution in [0.5, 0.6) is 0 Å². The average Bonchev–Trinajstić information content (AvgIpc) is 2.70. The van der Waals surface area contributed by atoms with Crippen LogP contribution in [0.2, 0.25) is 0 Å². The van der Waals surface area contributed by atoms with Crippen molar-refractivity contribution in [3.8, 4) is 0 Å². The molecule has 1 heterocycles. The van der Waals surface area contributed by atoms with Crippen molar-refractivity contribution < 1.29 is 24.9 Å². The van der Waals surface area contributed by atoms with Crippen molar-refractivity contribution in [1.82, 2.24) is 0 Å². The summed E-state index contributed by atoms with van der Waals surface area (Å²) in [5.41, 5.74) is -4.01. The van der Waals surface area contributed by atoms with Gasteiger partial charge in [-0.1, -0.05) is 18.7 Å². The first kappa shape index (κ1) is 13.8. The first-order valence-electron chi connectivity index (χ1n) is 6.87. The first-order chi connectivity index (χ1) is 9.10. The van der Waals surface area contributed by atoms with Gasteiger partial charge in [0.1, 0.15) is 11.7 Å². The lowest BCUT2D eigenvalue weighted by atomic mass is 9.70. The van der Waals surface area contributed by atoms with Crippen LogP contribution in [-0.4, -0.2) is 44.2 Å². The summed E-state index contributed by atoms with van der Waals surface area (Å²) in [6.07, 6.45) is 3.04. The Kier molecular flexibility index (Phi) is 2.57. The summed E-state index contributed by atoms with van der Waals surface area (Å²) >= 11 is 0. The van der Waals surface area contributed by atoms with Gasteiger partial charge in [-0.2, -0.15) is 0 Å². The predicted molar refractivity (Wildman–Crippen MR) is 70.6 cm³/mol. The van der Waals surface area contributed by atoms with Crippen molar-refractivity contribution in [2.24, 2.45) is 11.8 Å². The molecule has 0 bridgehead atoms. The van der Waals surface area contributed by atoms with E-state index in [4.69, 9.17) is 4.74 Å². The second-order valence-corrected chi connectivity index (χ2v) is 6.68. The molecule has 1 saturated heterocycles. The van der Waals surface area contributed by atoms with Gasteiger partial charge in [-0.25, -0.2) is 4.79 Å². The number of fused-ring (bicyclic) bond motifs is 3. The van der Waals surface area contributed by atoms with E-state index in [1.54, 1.807) is 13.8 Å². The minimum Gasteiger partial charge on any atom is -0.458 e. The van der Waals surface area contributed by atoms with Gasteiger partial charge in [0, 0.05) is 11.5 Å². The summed E-state index contributed by atoms with van der Waals surface area (Å²) in [5, 5.41) is 32.1. The van der Waals surface area contributed by atoms with Gasteiger partial charge in [-0.05, 0) is 26.7 Å². The summed E-state index contributed by atoms with van der Waals surface area (Å²) in [6, 6.07) is 0. The molecule has 3 aliphatic rings. The average molecular weight is 280 g/mol. The number of ether oxygens (including phenoxy) is 1. The SMILES string of the molecule is C=C1C(=O)OC2C1CCC(C)(O)C1(O)C=CC(C)(O)C21. The fraction of sp³-hybridized carbons (Fsp3) is 0.667. The van der Waals surface area contributed by atoms with Crippen LogP contribution in [0.1, 0.15) is 26.7 Å². The Balaban J connectivity index is 2.13. The van der Waals surface area contributed by atoms with Crippen LogP contribution in [0.25, 0.3) is 0 Å². The lowest BCUT2D eigenvalue weighted by Crippen LogP contribution is -2.60. The summed E-state index contributed by atoms with van der Waals surface area (Å²) in [7, 11) is 0. The third kappa shape index (κ3) is 1.51. The lowest BCUT2D eigenvalue weighted by Gasteiger charge is -2.44. The van der Waals surface area contributed by atoms with Crippen molar-refractivity contribution in [3.05, 3.63) is 24.3 Å². The van der Waals surface area contributed by atoms with E-state index in [2.05, 4.69) is 6.58 Å². The summed E-state index contributed by atoms with van der Waals surface area (Å²) < 4.78 is 5.36. The molecule has 2 aliphatic carbocycles. The zero-order valence-corrected chi connectivity index (χ0v) is 11.7. The molecular formula is C15H20O5. The monoisotopic (exact) mass is 280 g/mol. The largest absolute Gasteiger partial charge is 0.458 e. The van der Waals surface area contributed by atoms with Gasteiger partial charge in [0.25, 0.3) is 0 Å². The van der Waals surface area contributed by atoms with Crippen molar-refractivity contribution in [1.29, 1.82) is 0 Å². The number of esters is 1. The van der Waals surface area contributed by atoms with Crippen LogP contribution in [0, 0.1) is 11.8 Å². The van der Waals surface area contributed by atoms with Gasteiger partial charge in [0.15, 0.2) is 0 Å². The molecule has 2 fully saturated rings. The molecule has 5 heteroatoms. The first-order valence-corrected chi connectivity index (χ1v) is 6.87. The Morgan fingerprint density at radius 2 is 1.95 bits per heavy atom. The Labute approximate surface area is 117 Å². The Bertz CT molecular complexity index is 518. The van der Waals surface area contributed by atoms with E-state index in [-0.39, 0.29) is 5.92 Å². The maximum Gasteiger partial charge on any atom is 0.334 e. The second-order valence-electron chi connectivity index (χ2n) is 6.68. The van der Waals surface area contributed by atoms with E-state index >= 15 is 0 Å². The summed E-state index contributed by atoms with van der Waals surface area (Å²) in [6.45, 7) is 6.86. The van der Waals surface area contributed by atoms with Crippen molar-refractivity contribution in [2.75, 3.05) is 0 Å². The van der Waals surface area contributed by atoms with Crippen molar-refractivity contribution in [2.45, 2.75) is 49.6 Å². The highest BCUT2D eigenvalue weighted by molar-refractivity contribution is 5.91. The van der Waals surface area contributed by atoms with Crippen LogP contribution >= 0.6 is 0 Å². The molecule has 0 aromatic carbocycles. The zero-order chi connectivity index (χ0) is 14.9. The lowest BCUT2D eigenvalue weighted by molar-refractivity contribution is -0.189. The van der Waals surface area contributed by atoms with Gasteiger partial charge in [-0.3, -0.25) is 0 Å². The molecule has 6 unspecified atom stereocenters. The maximum absolute atomic E-state index is 11.8. The molecule has 20 heavy (non-hydrogen) atoms. The zero-order valence-electron chi connectivity index (χ0n) is 11.7. The standard InChI is InChI=1S/C15H20O5/c1-8-9-4-5-14(3,18)15(19)7-6-13(2,17)11(15)10(9)20-12(8)16/h6-7,9-11,17-19H,1,4-5H2,2-3H3. The molecular weight excluding hydrogens is 260 g/mol. The third-order valence-corrected chi connectivity index (χ3v) is 5.26. The number of aliphatic hydroxyl groups is 3. The van der Waals surface area contributed by atoms with Gasteiger partial charge in [0.2, 0.25) is 0 Å². The number of hydrogen-bond donors (Lipinski definition) is 3. The molecule has 0 aromatic rings. The smallest absolute Gasteiger partial charge is 0.334 e. The molecule has 0 radical (unpaired) electrons. The number of rotatable bonds is 0. The maximum atomic E-state index is 11.8. The van der Waals surface area contributed by atoms with Crippen LogP contribution in [-0.2, 0) is 9.53 Å². The minimum absolute atomic E-state index is 0.278. The number of carbonyl (C=O) groups excluding carboxylic acids is 1. The van der Waals surface area contributed by atoms with E-state index in [1.165, 1.54) is 12.2 Å². The van der Waals surface area contributed by atoms with E-state index in [0.717, 1.165) is 0 Å². The highest BCUT2D eigenvalue weighted by atomic mass is 16.6. The molecule has 110 valence electrons. The van der Waals surface area contributed by atoms with E-state index < -0.39 is 34.8 Å². The van der Waals surface area contributed by atoms with Gasteiger partial charge >= 0.3 is 5.97 Å². The molecule has 0 aromatic heterocycles. The van der Waals surface area contributed by atoms with Crippen LogP contribution < -0.4 is 0 Å². The molecule has 1 aliphatic heterocycles. The normalized spacial score (nSPS) is 54.4. The highest BCUT2D eigenvalue weighted by Gasteiger charge is 2.66. The van der Waals surface area contributed by atoms with E-state index in [0.29, 0.717) is 18.4 Å². The Morgan fingerprint density at radius 1 is 1.30 bits per heavy atom. The number of hydrogen-bond acceptors (Lipinski definition) is 5. The number of carbonyl (C=O) groups is 1. The van der Waals surface area contributed by atoms with E-state index in [1.807, 2.05) is 0 Å². The van der Waals surface area contributed by atoms with Crippen molar-refractivity contribution >= 4 is 5.97 Å². The summed E-state index contributed by atoms with van der Waals surface area (Å²) in [4.78, 5) is 11.8. The van der Waals surface area contributed by atoms with Gasteiger partial charge in [0.05, 0.1) is 17.1 Å². The molecule has 6 atom stereocenters. The molecule has 3 rings (SSSR count). The molecule has 3 N–H and O–H groups in total. The van der Waals surface area contributed by atoms with Crippen molar-refractivity contribution in [3.63, 3.8) is 0 Å². The Morgan fingerprint density at radius 3 is 2.60 bits per heavy atom. The molecule has 1 saturated carbocycles. The van der Waals surface area contributed by atoms with Crippen LogP contribution in [0.3, 0.4) is 0 Å². The predicted octanol–water partition coefficient (Wildman–Crippen LogP) is 0.297. The molecule has 5 nitrogen and oxygen atoms in total. The Hall–Kier alpha value is -1.17. The molecule has 0 amide bonds. The fourth-order valence-corrected chi connectivity index (χ4v) is 3.95. The summed E-state index contributed by atoms with van der Waals surface area (Å²) in [5.74, 6) is -1.56. The van der Waals surface area contributed by atoms with Gasteiger partial charge in [-0.15, -0.1) is 0 Å². The quantitative estimate of drug-likeness (QED) is 0.337. The molecule has 0 spiro atoms. The van der Waals surface area contributed by atoms with Crippen LogP contribution in [0.4, 0.5) is 0 Å².